The molecule has 2 aromatic carbocycles. The van der Waals surface area contributed by atoms with E-state index < -0.39 is 21.4 Å². The van der Waals surface area contributed by atoms with Gasteiger partial charge in [0.1, 0.15) is 0 Å². The van der Waals surface area contributed by atoms with Gasteiger partial charge in [0.2, 0.25) is 10.0 Å². The lowest BCUT2D eigenvalue weighted by Crippen LogP contribution is -2.41. The average Bonchev–Trinajstić information content (AvgIpc) is 3.26. The number of nitrogens with one attached hydrogen (secondary N) is 1. The van der Waals surface area contributed by atoms with E-state index >= 15 is 0 Å². The molecule has 1 amide bonds. The maximum absolute atomic E-state index is 13.0. The molecule has 0 saturated heterocycles. The molecule has 1 aliphatic carbocycles. The normalized spacial score (nSPS) is 18.2. The number of hydrogen-bond donors (Lipinski definition) is 2. The van der Waals surface area contributed by atoms with Crippen LogP contribution in [-0.2, 0) is 14.8 Å². The van der Waals surface area contributed by atoms with E-state index in [2.05, 4.69) is 4.72 Å². The molecular formula is C20H22N2O5S. The third-order valence-corrected chi connectivity index (χ3v) is 7.43. The Labute approximate surface area is 163 Å². The van der Waals surface area contributed by atoms with Gasteiger partial charge in [0.15, 0.2) is 0 Å². The number of carboxylic acid groups (broad SMARTS) is 1. The van der Waals surface area contributed by atoms with Crippen LogP contribution in [0.25, 0.3) is 10.8 Å². The van der Waals surface area contributed by atoms with Gasteiger partial charge < -0.3 is 10.0 Å². The van der Waals surface area contributed by atoms with Gasteiger partial charge in [-0.3, -0.25) is 9.59 Å². The summed E-state index contributed by atoms with van der Waals surface area (Å²) < 4.78 is 28.6. The van der Waals surface area contributed by atoms with Crippen molar-refractivity contribution in [2.45, 2.75) is 37.5 Å². The third-order valence-electron chi connectivity index (χ3n) is 5.97. The molecular weight excluding hydrogens is 380 g/mol. The van der Waals surface area contributed by atoms with Crippen LogP contribution in [0.3, 0.4) is 0 Å². The number of carbonyl (C=O) groups is 2. The Bertz CT molecular complexity index is 1090. The van der Waals surface area contributed by atoms with Crippen molar-refractivity contribution in [3.05, 3.63) is 35.9 Å². The number of carbonyl (C=O) groups excluding carboxylic acids is 1. The van der Waals surface area contributed by atoms with Gasteiger partial charge in [-0.15, -0.1) is 0 Å². The number of rotatable bonds is 6. The topological polar surface area (TPSA) is 104 Å². The number of anilines is 1. The molecule has 0 aromatic heterocycles. The Balaban J connectivity index is 1.75. The molecule has 0 spiro atoms. The van der Waals surface area contributed by atoms with Crippen LogP contribution in [-0.4, -0.2) is 38.5 Å². The van der Waals surface area contributed by atoms with E-state index in [0.717, 1.165) is 12.8 Å². The average molecular weight is 402 g/mol. The summed E-state index contributed by atoms with van der Waals surface area (Å²) in [6.45, 7) is 2.23. The second-order valence-electron chi connectivity index (χ2n) is 7.48. The Morgan fingerprint density at radius 2 is 1.93 bits per heavy atom. The summed E-state index contributed by atoms with van der Waals surface area (Å²) in [6.07, 6.45) is 2.50. The smallest absolute Gasteiger partial charge is 0.310 e. The second-order valence-corrected chi connectivity index (χ2v) is 9.21. The molecule has 0 bridgehead atoms. The summed E-state index contributed by atoms with van der Waals surface area (Å²) in [7, 11) is -3.94. The molecule has 1 aliphatic heterocycles. The van der Waals surface area contributed by atoms with Crippen LogP contribution in [0.1, 0.15) is 43.0 Å². The number of nitrogens with zero attached hydrogens (tertiary/aromatic N) is 1. The van der Waals surface area contributed by atoms with Crippen molar-refractivity contribution in [2.24, 2.45) is 5.41 Å². The highest BCUT2D eigenvalue weighted by atomic mass is 32.2. The van der Waals surface area contributed by atoms with E-state index in [0.29, 0.717) is 41.4 Å². The van der Waals surface area contributed by atoms with Crippen molar-refractivity contribution in [3.63, 3.8) is 0 Å². The molecule has 148 valence electrons. The minimum absolute atomic E-state index is 0.0670. The van der Waals surface area contributed by atoms with E-state index in [1.165, 1.54) is 6.07 Å². The van der Waals surface area contributed by atoms with Crippen molar-refractivity contribution in [2.75, 3.05) is 18.0 Å². The molecule has 8 heteroatoms. The highest BCUT2D eigenvalue weighted by Crippen LogP contribution is 2.41. The standard InChI is InChI=1S/C20H22N2O5S/c1-2-22-15-8-9-16(13-6-5-7-14(17(13)15)18(22)23)28(26,27)21-12-20(19(24)25)10-3-4-11-20/h5-9,21H,2-4,10-12H2,1H3,(H,24,25). The Kier molecular flexibility index (Phi) is 4.43. The van der Waals surface area contributed by atoms with Gasteiger partial charge >= 0.3 is 5.97 Å². The van der Waals surface area contributed by atoms with Crippen LogP contribution in [0.4, 0.5) is 5.69 Å². The van der Waals surface area contributed by atoms with Crippen LogP contribution >= 0.6 is 0 Å². The summed E-state index contributed by atoms with van der Waals surface area (Å²) in [6, 6.07) is 8.20. The minimum Gasteiger partial charge on any atom is -0.481 e. The molecule has 4 rings (SSSR count). The largest absolute Gasteiger partial charge is 0.481 e. The van der Waals surface area contributed by atoms with Crippen molar-refractivity contribution < 1.29 is 23.1 Å². The summed E-state index contributed by atoms with van der Waals surface area (Å²) in [5, 5.41) is 10.7. The predicted molar refractivity (Wildman–Crippen MR) is 105 cm³/mol. The van der Waals surface area contributed by atoms with Crippen LogP contribution in [0.5, 0.6) is 0 Å². The number of sulfonamides is 1. The molecule has 1 fully saturated rings. The van der Waals surface area contributed by atoms with E-state index in [-0.39, 0.29) is 17.3 Å². The first kappa shape index (κ1) is 18.9. The van der Waals surface area contributed by atoms with Gasteiger partial charge in [-0.2, -0.15) is 0 Å². The van der Waals surface area contributed by atoms with Crippen LogP contribution in [0, 0.1) is 5.41 Å². The van der Waals surface area contributed by atoms with Crippen molar-refractivity contribution >= 4 is 38.4 Å². The van der Waals surface area contributed by atoms with E-state index in [1.54, 1.807) is 29.2 Å². The van der Waals surface area contributed by atoms with Gasteiger partial charge in [-0.1, -0.05) is 25.0 Å². The Hall–Kier alpha value is -2.45. The van der Waals surface area contributed by atoms with Crippen molar-refractivity contribution in [3.8, 4) is 0 Å². The molecule has 0 radical (unpaired) electrons. The molecule has 28 heavy (non-hydrogen) atoms. The molecule has 0 atom stereocenters. The number of amides is 1. The number of carboxylic acids is 1. The first-order valence-corrected chi connectivity index (χ1v) is 10.9. The number of benzene rings is 2. The summed E-state index contributed by atoms with van der Waals surface area (Å²) in [4.78, 5) is 26.0. The van der Waals surface area contributed by atoms with Crippen LogP contribution in [0.15, 0.2) is 35.2 Å². The first-order chi connectivity index (χ1) is 13.3. The SMILES string of the molecule is CCN1C(=O)c2cccc3c(S(=O)(=O)NCC4(C(=O)O)CCCC4)ccc1c23. The fourth-order valence-corrected chi connectivity index (χ4v) is 5.73. The zero-order chi connectivity index (χ0) is 20.1. The van der Waals surface area contributed by atoms with Gasteiger partial charge in [-0.05, 0) is 38.0 Å². The third kappa shape index (κ3) is 2.70. The highest BCUT2D eigenvalue weighted by Gasteiger charge is 2.42. The van der Waals surface area contributed by atoms with Crippen molar-refractivity contribution in [1.82, 2.24) is 4.72 Å². The van der Waals surface area contributed by atoms with Crippen LogP contribution in [0.2, 0.25) is 0 Å². The fraction of sp³-hybridized carbons (Fsp3) is 0.400. The minimum atomic E-state index is -3.94. The summed E-state index contributed by atoms with van der Waals surface area (Å²) in [5.74, 6) is -1.10. The Morgan fingerprint density at radius 3 is 2.57 bits per heavy atom. The van der Waals surface area contributed by atoms with E-state index in [4.69, 9.17) is 0 Å². The van der Waals surface area contributed by atoms with E-state index in [1.807, 2.05) is 6.92 Å². The van der Waals surface area contributed by atoms with Crippen LogP contribution < -0.4 is 9.62 Å². The highest BCUT2D eigenvalue weighted by molar-refractivity contribution is 7.89. The second kappa shape index (κ2) is 6.56. The zero-order valence-corrected chi connectivity index (χ0v) is 16.4. The molecule has 1 saturated carbocycles. The number of hydrogen-bond acceptors (Lipinski definition) is 4. The van der Waals surface area contributed by atoms with Gasteiger partial charge in [0.05, 0.1) is 16.0 Å². The number of aliphatic carboxylic acids is 1. The predicted octanol–water partition coefficient (Wildman–Crippen LogP) is 2.74. The van der Waals surface area contributed by atoms with Gasteiger partial charge in [0, 0.05) is 29.4 Å². The lowest BCUT2D eigenvalue weighted by Gasteiger charge is -2.24. The van der Waals surface area contributed by atoms with Crippen molar-refractivity contribution in [1.29, 1.82) is 0 Å². The Morgan fingerprint density at radius 1 is 1.21 bits per heavy atom. The van der Waals surface area contributed by atoms with Gasteiger partial charge in [0.25, 0.3) is 5.91 Å². The fourth-order valence-electron chi connectivity index (χ4n) is 4.40. The molecule has 1 heterocycles. The first-order valence-electron chi connectivity index (χ1n) is 9.41. The monoisotopic (exact) mass is 402 g/mol. The molecule has 0 unspecified atom stereocenters. The lowest BCUT2D eigenvalue weighted by atomic mass is 9.87. The molecule has 2 aliphatic rings. The van der Waals surface area contributed by atoms with E-state index in [9.17, 15) is 23.1 Å². The molecule has 7 nitrogen and oxygen atoms in total. The summed E-state index contributed by atoms with van der Waals surface area (Å²) >= 11 is 0. The molecule has 2 N–H and O–H groups in total. The zero-order valence-electron chi connectivity index (χ0n) is 15.6. The van der Waals surface area contributed by atoms with Gasteiger partial charge in [-0.25, -0.2) is 13.1 Å². The maximum atomic E-state index is 13.0. The maximum Gasteiger partial charge on any atom is 0.310 e. The lowest BCUT2D eigenvalue weighted by molar-refractivity contribution is -0.148. The summed E-state index contributed by atoms with van der Waals surface area (Å²) in [5.41, 5.74) is 0.149. The quantitative estimate of drug-likeness (QED) is 0.773. The molecule has 2 aromatic rings.